The van der Waals surface area contributed by atoms with Gasteiger partial charge in [0.1, 0.15) is 35.9 Å². The predicted molar refractivity (Wildman–Crippen MR) is 129 cm³/mol. The number of benzene rings is 2. The van der Waals surface area contributed by atoms with Crippen molar-refractivity contribution in [1.82, 2.24) is 14.5 Å². The molecule has 1 fully saturated rings. The molecule has 0 radical (unpaired) electrons. The van der Waals surface area contributed by atoms with Gasteiger partial charge in [-0.3, -0.25) is 9.59 Å². The highest BCUT2D eigenvalue weighted by molar-refractivity contribution is 6.02. The zero-order valence-corrected chi connectivity index (χ0v) is 18.6. The van der Waals surface area contributed by atoms with Gasteiger partial charge in [-0.25, -0.2) is 9.97 Å². The summed E-state index contributed by atoms with van der Waals surface area (Å²) < 4.78 is 8.01. The number of nitrogens with zero attached hydrogens (tertiary/aromatic N) is 3. The standard InChI is InChI=1S/C26H25N5O3/c27-24-23-22(13-31(26(23)30-15-29-24)18-7-9-19(32)10-8-18)16-6-11-21(25(28)33)17(12-16)14-34-20-4-2-1-3-5-20/h1-6,11-13,15,18H,7-10,14H2,(H2,28,33)(H2,27,29,30). The molecule has 0 unspecified atom stereocenters. The third-order valence-corrected chi connectivity index (χ3v) is 6.36. The maximum Gasteiger partial charge on any atom is 0.249 e. The van der Waals surface area contributed by atoms with Gasteiger partial charge < -0.3 is 20.8 Å². The second kappa shape index (κ2) is 8.97. The highest BCUT2D eigenvalue weighted by Crippen LogP contribution is 2.38. The first-order valence-corrected chi connectivity index (χ1v) is 11.2. The third kappa shape index (κ3) is 4.10. The monoisotopic (exact) mass is 455 g/mol. The SMILES string of the molecule is NC(=O)c1ccc(-c2cn(C3CCC(=O)CC3)c3ncnc(N)c23)cc1COc1ccccc1. The lowest BCUT2D eigenvalue weighted by atomic mass is 9.94. The summed E-state index contributed by atoms with van der Waals surface area (Å²) in [5.74, 6) is 0.860. The van der Waals surface area contributed by atoms with E-state index in [0.717, 1.165) is 35.0 Å². The van der Waals surface area contributed by atoms with Crippen LogP contribution >= 0.6 is 0 Å². The van der Waals surface area contributed by atoms with Crippen LogP contribution < -0.4 is 16.2 Å². The van der Waals surface area contributed by atoms with Crippen molar-refractivity contribution in [3.8, 4) is 16.9 Å². The molecule has 0 atom stereocenters. The molecule has 8 heteroatoms. The van der Waals surface area contributed by atoms with Crippen LogP contribution in [0.15, 0.2) is 61.1 Å². The molecule has 0 aliphatic heterocycles. The van der Waals surface area contributed by atoms with E-state index in [9.17, 15) is 9.59 Å². The number of carbonyl (C=O) groups is 2. The minimum Gasteiger partial charge on any atom is -0.489 e. The Kier molecular flexibility index (Phi) is 5.71. The van der Waals surface area contributed by atoms with Gasteiger partial charge >= 0.3 is 0 Å². The van der Waals surface area contributed by atoms with Crippen molar-refractivity contribution in [2.45, 2.75) is 38.3 Å². The van der Waals surface area contributed by atoms with Gasteiger partial charge in [0.15, 0.2) is 0 Å². The summed E-state index contributed by atoms with van der Waals surface area (Å²) in [7, 11) is 0. The van der Waals surface area contributed by atoms with E-state index in [4.69, 9.17) is 16.2 Å². The number of ketones is 1. The number of aromatic nitrogens is 3. The van der Waals surface area contributed by atoms with Gasteiger partial charge in [-0.2, -0.15) is 0 Å². The van der Waals surface area contributed by atoms with Crippen molar-refractivity contribution in [2.24, 2.45) is 5.73 Å². The summed E-state index contributed by atoms with van der Waals surface area (Å²) in [5.41, 5.74) is 15.5. The lowest BCUT2D eigenvalue weighted by Crippen LogP contribution is -2.17. The number of para-hydroxylation sites is 1. The quantitative estimate of drug-likeness (QED) is 0.452. The summed E-state index contributed by atoms with van der Waals surface area (Å²) in [6.07, 6.45) is 6.15. The molecule has 0 saturated heterocycles. The van der Waals surface area contributed by atoms with Gasteiger partial charge in [-0.15, -0.1) is 0 Å². The van der Waals surface area contributed by atoms with E-state index in [0.29, 0.717) is 41.3 Å². The number of anilines is 1. The number of hydrogen-bond donors (Lipinski definition) is 2. The van der Waals surface area contributed by atoms with Gasteiger partial charge in [0.05, 0.1) is 5.39 Å². The van der Waals surface area contributed by atoms with Crippen molar-refractivity contribution >= 4 is 28.5 Å². The fraction of sp³-hybridized carbons (Fsp3) is 0.231. The molecule has 0 bridgehead atoms. The number of hydrogen-bond acceptors (Lipinski definition) is 6. The van der Waals surface area contributed by atoms with Crippen molar-refractivity contribution < 1.29 is 14.3 Å². The van der Waals surface area contributed by atoms with Crippen LogP contribution in [0.1, 0.15) is 47.6 Å². The van der Waals surface area contributed by atoms with Crippen LogP contribution in [0.2, 0.25) is 0 Å². The van der Waals surface area contributed by atoms with E-state index in [1.807, 2.05) is 48.7 Å². The molecular weight excluding hydrogens is 430 g/mol. The average molecular weight is 456 g/mol. The molecule has 4 aromatic rings. The minimum absolute atomic E-state index is 0.161. The molecular formula is C26H25N5O3. The van der Waals surface area contributed by atoms with Gasteiger partial charge in [0.2, 0.25) is 5.91 Å². The number of nitrogen functional groups attached to an aromatic ring is 1. The normalized spacial score (nSPS) is 14.4. The van der Waals surface area contributed by atoms with Crippen molar-refractivity contribution in [2.75, 3.05) is 5.73 Å². The van der Waals surface area contributed by atoms with Gasteiger partial charge in [0.25, 0.3) is 0 Å². The first-order chi connectivity index (χ1) is 16.5. The Morgan fingerprint density at radius 1 is 1.09 bits per heavy atom. The Morgan fingerprint density at radius 3 is 2.59 bits per heavy atom. The van der Waals surface area contributed by atoms with Crippen LogP contribution in [-0.2, 0) is 11.4 Å². The zero-order valence-electron chi connectivity index (χ0n) is 18.6. The molecule has 1 aliphatic carbocycles. The number of carbonyl (C=O) groups excluding carboxylic acids is 2. The Labute approximate surface area is 196 Å². The number of fused-ring (bicyclic) bond motifs is 1. The summed E-state index contributed by atoms with van der Waals surface area (Å²) in [4.78, 5) is 32.6. The summed E-state index contributed by atoms with van der Waals surface area (Å²) in [6, 6.07) is 15.0. The first kappa shape index (κ1) is 21.6. The van der Waals surface area contributed by atoms with Gasteiger partial charge in [-0.1, -0.05) is 24.3 Å². The minimum atomic E-state index is -0.518. The molecule has 2 aromatic heterocycles. The summed E-state index contributed by atoms with van der Waals surface area (Å²) in [5, 5.41) is 0.751. The van der Waals surface area contributed by atoms with Crippen LogP contribution in [0.3, 0.4) is 0 Å². The summed E-state index contributed by atoms with van der Waals surface area (Å²) >= 11 is 0. The Balaban J connectivity index is 1.57. The average Bonchev–Trinajstić information content (AvgIpc) is 3.25. The Bertz CT molecular complexity index is 1370. The topological polar surface area (TPSA) is 126 Å². The molecule has 1 amide bonds. The lowest BCUT2D eigenvalue weighted by molar-refractivity contribution is -0.120. The Morgan fingerprint density at radius 2 is 1.85 bits per heavy atom. The zero-order chi connectivity index (χ0) is 23.7. The molecule has 0 spiro atoms. The predicted octanol–water partition coefficient (Wildman–Crippen LogP) is 4.04. The number of Topliss-reactive ketones (excluding diaryl/α,β-unsaturated/α-hetero) is 1. The number of ether oxygens (including phenoxy) is 1. The van der Waals surface area contributed by atoms with Crippen LogP contribution in [0.4, 0.5) is 5.82 Å². The van der Waals surface area contributed by atoms with E-state index in [-0.39, 0.29) is 12.6 Å². The summed E-state index contributed by atoms with van der Waals surface area (Å²) in [6.45, 7) is 0.186. The Hall–Kier alpha value is -4.20. The van der Waals surface area contributed by atoms with Crippen LogP contribution in [-0.4, -0.2) is 26.2 Å². The number of amides is 1. The van der Waals surface area contributed by atoms with Crippen LogP contribution in [0.5, 0.6) is 5.75 Å². The van der Waals surface area contributed by atoms with Crippen LogP contribution in [0.25, 0.3) is 22.2 Å². The lowest BCUT2D eigenvalue weighted by Gasteiger charge is -2.23. The molecule has 8 nitrogen and oxygen atoms in total. The second-order valence-electron chi connectivity index (χ2n) is 8.52. The third-order valence-electron chi connectivity index (χ3n) is 6.36. The molecule has 1 saturated carbocycles. The molecule has 4 N–H and O–H groups in total. The first-order valence-electron chi connectivity index (χ1n) is 11.2. The fourth-order valence-corrected chi connectivity index (χ4v) is 4.61. The van der Waals surface area contributed by atoms with Gasteiger partial charge in [-0.05, 0) is 42.7 Å². The fourth-order valence-electron chi connectivity index (χ4n) is 4.61. The second-order valence-corrected chi connectivity index (χ2v) is 8.52. The van der Waals surface area contributed by atoms with E-state index >= 15 is 0 Å². The molecule has 1 aliphatic rings. The van der Waals surface area contributed by atoms with Crippen molar-refractivity contribution in [3.63, 3.8) is 0 Å². The maximum atomic E-state index is 12.1. The van der Waals surface area contributed by atoms with E-state index in [1.54, 1.807) is 6.07 Å². The van der Waals surface area contributed by atoms with E-state index in [1.165, 1.54) is 6.33 Å². The highest BCUT2D eigenvalue weighted by Gasteiger charge is 2.25. The number of rotatable bonds is 6. The van der Waals surface area contributed by atoms with Crippen molar-refractivity contribution in [3.05, 3.63) is 72.2 Å². The van der Waals surface area contributed by atoms with E-state index < -0.39 is 5.91 Å². The molecule has 2 heterocycles. The largest absolute Gasteiger partial charge is 0.489 e. The maximum absolute atomic E-state index is 12.1. The molecule has 172 valence electrons. The number of nitrogens with two attached hydrogens (primary N) is 2. The van der Waals surface area contributed by atoms with E-state index in [2.05, 4.69) is 14.5 Å². The molecule has 34 heavy (non-hydrogen) atoms. The smallest absolute Gasteiger partial charge is 0.249 e. The highest BCUT2D eigenvalue weighted by atomic mass is 16.5. The van der Waals surface area contributed by atoms with Gasteiger partial charge in [0, 0.05) is 41.8 Å². The molecule has 5 rings (SSSR count). The van der Waals surface area contributed by atoms with Crippen molar-refractivity contribution in [1.29, 1.82) is 0 Å². The number of primary amides is 1. The van der Waals surface area contributed by atoms with Crippen LogP contribution in [0, 0.1) is 0 Å². The molecule has 2 aromatic carbocycles.